The highest BCUT2D eigenvalue weighted by Crippen LogP contribution is 2.28. The highest BCUT2D eigenvalue weighted by atomic mass is 16.4. The summed E-state index contributed by atoms with van der Waals surface area (Å²) in [7, 11) is 0. The van der Waals surface area contributed by atoms with Crippen LogP contribution in [0.15, 0.2) is 24.3 Å². The molecule has 0 aromatic heterocycles. The smallest absolute Gasteiger partial charge is 0.414 e. The van der Waals surface area contributed by atoms with Gasteiger partial charge in [-0.15, -0.1) is 0 Å². The lowest BCUT2D eigenvalue weighted by atomic mass is 9.79. The number of benzene rings is 1. The Labute approximate surface area is 149 Å². The van der Waals surface area contributed by atoms with Crippen LogP contribution in [-0.4, -0.2) is 39.3 Å². The fraction of sp³-hybridized carbons (Fsp3) is 0.579. The Morgan fingerprint density at radius 2 is 1.56 bits per heavy atom. The van der Waals surface area contributed by atoms with E-state index in [1.165, 1.54) is 24.0 Å². The number of nitrogens with one attached hydrogen (secondary N) is 2. The average molecular weight is 350 g/mol. The molecule has 0 amide bonds. The van der Waals surface area contributed by atoms with E-state index in [0.717, 1.165) is 6.54 Å². The first kappa shape index (κ1) is 21.1. The number of aryl methyl sites for hydroxylation is 1. The van der Waals surface area contributed by atoms with Gasteiger partial charge in [0.2, 0.25) is 0 Å². The number of hydrogen-bond acceptors (Lipinski definition) is 4. The van der Waals surface area contributed by atoms with Crippen molar-refractivity contribution in [3.63, 3.8) is 0 Å². The number of carboxylic acid groups (broad SMARTS) is 2. The number of rotatable bonds is 3. The molecule has 6 heteroatoms. The highest BCUT2D eigenvalue weighted by Gasteiger charge is 2.37. The normalized spacial score (nSPS) is 18.8. The van der Waals surface area contributed by atoms with Gasteiger partial charge in [0.25, 0.3) is 0 Å². The van der Waals surface area contributed by atoms with Gasteiger partial charge in [-0.05, 0) is 58.6 Å². The number of hydrogen-bond donors (Lipinski definition) is 4. The first-order valence-electron chi connectivity index (χ1n) is 8.45. The predicted octanol–water partition coefficient (Wildman–Crippen LogP) is 2.55. The van der Waals surface area contributed by atoms with Crippen molar-refractivity contribution in [2.75, 3.05) is 0 Å². The van der Waals surface area contributed by atoms with E-state index in [-0.39, 0.29) is 11.1 Å². The van der Waals surface area contributed by atoms with E-state index in [2.05, 4.69) is 69.5 Å². The molecule has 1 saturated heterocycles. The van der Waals surface area contributed by atoms with E-state index in [1.54, 1.807) is 0 Å². The first-order chi connectivity index (χ1) is 11.4. The number of carboxylic acids is 2. The van der Waals surface area contributed by atoms with Crippen molar-refractivity contribution in [3.8, 4) is 0 Å². The Morgan fingerprint density at radius 3 is 2.00 bits per heavy atom. The Morgan fingerprint density at radius 1 is 1.08 bits per heavy atom. The Kier molecular flexibility index (Phi) is 7.14. The molecule has 0 aliphatic carbocycles. The van der Waals surface area contributed by atoms with Crippen molar-refractivity contribution in [1.82, 2.24) is 10.6 Å². The third-order valence-electron chi connectivity index (χ3n) is 4.22. The van der Waals surface area contributed by atoms with Gasteiger partial charge < -0.3 is 20.8 Å². The van der Waals surface area contributed by atoms with Gasteiger partial charge in [0.1, 0.15) is 0 Å². The highest BCUT2D eigenvalue weighted by molar-refractivity contribution is 6.27. The summed E-state index contributed by atoms with van der Waals surface area (Å²) in [4.78, 5) is 18.2. The second-order valence-corrected chi connectivity index (χ2v) is 7.92. The van der Waals surface area contributed by atoms with Crippen LogP contribution in [0.25, 0.3) is 0 Å². The zero-order chi connectivity index (χ0) is 19.3. The molecule has 1 heterocycles. The van der Waals surface area contributed by atoms with Crippen LogP contribution < -0.4 is 10.6 Å². The van der Waals surface area contributed by atoms with Gasteiger partial charge in [0.05, 0.1) is 0 Å². The maximum atomic E-state index is 9.10. The number of aliphatic carboxylic acids is 2. The van der Waals surface area contributed by atoms with Crippen LogP contribution in [0.4, 0.5) is 0 Å². The minimum atomic E-state index is -1.82. The van der Waals surface area contributed by atoms with E-state index in [0.29, 0.717) is 6.04 Å². The maximum absolute atomic E-state index is 9.10. The third kappa shape index (κ3) is 7.67. The summed E-state index contributed by atoms with van der Waals surface area (Å²) in [5.74, 6) is -3.65. The Bertz CT molecular complexity index is 583. The molecule has 140 valence electrons. The van der Waals surface area contributed by atoms with Gasteiger partial charge in [0, 0.05) is 23.7 Å². The summed E-state index contributed by atoms with van der Waals surface area (Å²) in [6, 6.07) is 9.23. The van der Waals surface area contributed by atoms with Crippen molar-refractivity contribution in [3.05, 3.63) is 35.4 Å². The largest absolute Gasteiger partial charge is 0.473 e. The molecule has 1 aromatic rings. The molecular formula is C19H30N2O4. The summed E-state index contributed by atoms with van der Waals surface area (Å²) in [5, 5.41) is 22.3. The van der Waals surface area contributed by atoms with E-state index < -0.39 is 11.9 Å². The summed E-state index contributed by atoms with van der Waals surface area (Å²) in [6.45, 7) is 12.4. The Balaban J connectivity index is 0.000000450. The van der Waals surface area contributed by atoms with Crippen molar-refractivity contribution in [2.45, 2.75) is 71.1 Å². The fourth-order valence-corrected chi connectivity index (χ4v) is 3.53. The van der Waals surface area contributed by atoms with E-state index in [4.69, 9.17) is 19.8 Å². The lowest BCUT2D eigenvalue weighted by Gasteiger charge is -2.46. The molecule has 0 unspecified atom stereocenters. The van der Waals surface area contributed by atoms with Crippen molar-refractivity contribution >= 4 is 11.9 Å². The molecule has 4 N–H and O–H groups in total. The van der Waals surface area contributed by atoms with Gasteiger partial charge in [-0.3, -0.25) is 0 Å². The van der Waals surface area contributed by atoms with Crippen molar-refractivity contribution in [2.24, 2.45) is 0 Å². The van der Waals surface area contributed by atoms with E-state index in [1.807, 2.05) is 0 Å². The Hall–Kier alpha value is -1.92. The summed E-state index contributed by atoms with van der Waals surface area (Å²) in [5.41, 5.74) is 3.22. The summed E-state index contributed by atoms with van der Waals surface area (Å²) >= 11 is 0. The van der Waals surface area contributed by atoms with E-state index in [9.17, 15) is 0 Å². The molecule has 6 nitrogen and oxygen atoms in total. The van der Waals surface area contributed by atoms with E-state index >= 15 is 0 Å². The molecule has 1 aliphatic rings. The molecule has 0 saturated carbocycles. The zero-order valence-corrected chi connectivity index (χ0v) is 15.7. The second kappa shape index (κ2) is 8.45. The molecule has 0 bridgehead atoms. The van der Waals surface area contributed by atoms with Crippen LogP contribution in [0.3, 0.4) is 0 Å². The molecule has 0 atom stereocenters. The summed E-state index contributed by atoms with van der Waals surface area (Å²) in [6.07, 6.45) is 2.37. The van der Waals surface area contributed by atoms with Gasteiger partial charge in [-0.25, -0.2) is 9.59 Å². The predicted molar refractivity (Wildman–Crippen MR) is 97.6 cm³/mol. The fourth-order valence-electron chi connectivity index (χ4n) is 3.53. The SMILES string of the molecule is Cc1ccccc1CNC1CC(C)(C)NC(C)(C)C1.O=C(O)C(=O)O. The quantitative estimate of drug-likeness (QED) is 0.625. The van der Waals surface area contributed by atoms with Gasteiger partial charge in [-0.2, -0.15) is 0 Å². The number of carbonyl (C=O) groups is 2. The van der Waals surface area contributed by atoms with Gasteiger partial charge in [-0.1, -0.05) is 24.3 Å². The van der Waals surface area contributed by atoms with Crippen LogP contribution in [0.5, 0.6) is 0 Å². The van der Waals surface area contributed by atoms with Crippen LogP contribution in [0.2, 0.25) is 0 Å². The summed E-state index contributed by atoms with van der Waals surface area (Å²) < 4.78 is 0. The molecular weight excluding hydrogens is 320 g/mol. The average Bonchev–Trinajstić information content (AvgIpc) is 2.43. The van der Waals surface area contributed by atoms with Crippen LogP contribution >= 0.6 is 0 Å². The molecule has 1 aromatic carbocycles. The van der Waals surface area contributed by atoms with Gasteiger partial charge >= 0.3 is 11.9 Å². The van der Waals surface area contributed by atoms with Crippen molar-refractivity contribution in [1.29, 1.82) is 0 Å². The van der Waals surface area contributed by atoms with Gasteiger partial charge in [0.15, 0.2) is 0 Å². The second-order valence-electron chi connectivity index (χ2n) is 7.92. The molecule has 0 spiro atoms. The maximum Gasteiger partial charge on any atom is 0.414 e. The molecule has 25 heavy (non-hydrogen) atoms. The third-order valence-corrected chi connectivity index (χ3v) is 4.22. The molecule has 2 rings (SSSR count). The van der Waals surface area contributed by atoms with Crippen LogP contribution in [0.1, 0.15) is 51.7 Å². The molecule has 0 radical (unpaired) electrons. The minimum Gasteiger partial charge on any atom is -0.473 e. The first-order valence-corrected chi connectivity index (χ1v) is 8.45. The number of piperidine rings is 1. The topological polar surface area (TPSA) is 98.7 Å². The van der Waals surface area contributed by atoms with Crippen LogP contribution in [0, 0.1) is 6.92 Å². The zero-order valence-electron chi connectivity index (χ0n) is 15.7. The van der Waals surface area contributed by atoms with Crippen molar-refractivity contribution < 1.29 is 19.8 Å². The minimum absolute atomic E-state index is 0.213. The monoisotopic (exact) mass is 350 g/mol. The lowest BCUT2D eigenvalue weighted by Crippen LogP contribution is -2.61. The van der Waals surface area contributed by atoms with Crippen LogP contribution in [-0.2, 0) is 16.1 Å². The molecule has 1 aliphatic heterocycles. The standard InChI is InChI=1S/C17H28N2.C2H2O4/c1-13-8-6-7-9-14(13)12-18-15-10-16(2,3)19-17(4,5)11-15;3-1(4)2(5)6/h6-9,15,18-19H,10-12H2,1-5H3;(H,3,4)(H,5,6). The molecule has 1 fully saturated rings. The lowest BCUT2D eigenvalue weighted by molar-refractivity contribution is -0.159.